The van der Waals surface area contributed by atoms with Crippen LogP contribution in [0.1, 0.15) is 10.6 Å². The van der Waals surface area contributed by atoms with Crippen LogP contribution in [0.3, 0.4) is 0 Å². The van der Waals surface area contributed by atoms with Gasteiger partial charge in [0.25, 0.3) is 5.56 Å². The zero-order chi connectivity index (χ0) is 10.8. The second-order valence-corrected chi connectivity index (χ2v) is 2.86. The van der Waals surface area contributed by atoms with Gasteiger partial charge in [-0.05, 0) is 12.1 Å². The summed E-state index contributed by atoms with van der Waals surface area (Å²) in [5, 5.41) is 0.355. The molecule has 0 saturated heterocycles. The molecule has 1 amide bonds. The summed E-state index contributed by atoms with van der Waals surface area (Å²) in [7, 11) is 0. The normalized spacial score (nSPS) is 10.2. The number of H-pyrrole nitrogens is 1. The number of para-hydroxylation sites is 1. The molecule has 2 rings (SSSR count). The first-order chi connectivity index (χ1) is 7.22. The number of nitrogens with one attached hydrogen (secondary N) is 2. The summed E-state index contributed by atoms with van der Waals surface area (Å²) < 4.78 is 11.8. The number of aromatic amines is 1. The van der Waals surface area contributed by atoms with Crippen molar-refractivity contribution in [1.82, 2.24) is 15.5 Å². The van der Waals surface area contributed by atoms with Gasteiger partial charge < -0.3 is 4.98 Å². The summed E-state index contributed by atoms with van der Waals surface area (Å²) >= 11 is 0. The fourth-order valence-corrected chi connectivity index (χ4v) is 1.24. The van der Waals surface area contributed by atoms with Crippen molar-refractivity contribution >= 4 is 16.8 Å². The molecule has 5 nitrogen and oxygen atoms in total. The van der Waals surface area contributed by atoms with Crippen molar-refractivity contribution in [3.63, 3.8) is 0 Å². The average Bonchev–Trinajstić information content (AvgIpc) is 2.28. The van der Waals surface area contributed by atoms with Gasteiger partial charge in [-0.1, -0.05) is 16.6 Å². The highest BCUT2D eigenvalue weighted by atomic mass is 19.2. The Morgan fingerprint density at radius 3 is 2.87 bits per heavy atom. The average molecular weight is 207 g/mol. The minimum absolute atomic E-state index is 0.346. The van der Waals surface area contributed by atoms with Gasteiger partial charge in [-0.3, -0.25) is 9.59 Å². The first kappa shape index (κ1) is 9.32. The van der Waals surface area contributed by atoms with E-state index >= 15 is 0 Å². The molecular formula is C9H6FN3O2. The van der Waals surface area contributed by atoms with Gasteiger partial charge in [0.15, 0.2) is 0 Å². The van der Waals surface area contributed by atoms with E-state index in [4.69, 9.17) is 0 Å². The number of carbonyl (C=O) groups is 1. The van der Waals surface area contributed by atoms with E-state index in [-0.39, 0.29) is 5.82 Å². The van der Waals surface area contributed by atoms with Crippen LogP contribution in [-0.4, -0.2) is 15.9 Å². The molecule has 0 atom stereocenters. The van der Waals surface area contributed by atoms with Gasteiger partial charge in [-0.2, -0.15) is 5.54 Å². The molecule has 15 heavy (non-hydrogen) atoms. The highest BCUT2D eigenvalue weighted by molar-refractivity contribution is 5.91. The van der Waals surface area contributed by atoms with Crippen molar-refractivity contribution in [2.75, 3.05) is 0 Å². The van der Waals surface area contributed by atoms with E-state index in [2.05, 4.69) is 9.97 Å². The second-order valence-electron chi connectivity index (χ2n) is 2.86. The van der Waals surface area contributed by atoms with Gasteiger partial charge in [0.1, 0.15) is 0 Å². The van der Waals surface area contributed by atoms with Gasteiger partial charge in [-0.25, -0.2) is 4.98 Å². The first-order valence-corrected chi connectivity index (χ1v) is 4.12. The Balaban J connectivity index is 2.73. The van der Waals surface area contributed by atoms with Gasteiger partial charge in [0, 0.05) is 0 Å². The molecule has 0 unspecified atom stereocenters. The quantitative estimate of drug-likeness (QED) is 0.670. The Hall–Kier alpha value is -2.24. The first-order valence-electron chi connectivity index (χ1n) is 4.12. The highest BCUT2D eigenvalue weighted by Crippen LogP contribution is 2.05. The number of hydrogen-bond donors (Lipinski definition) is 2. The number of benzene rings is 1. The lowest BCUT2D eigenvalue weighted by Crippen LogP contribution is -2.22. The van der Waals surface area contributed by atoms with Crippen LogP contribution in [0.25, 0.3) is 10.9 Å². The van der Waals surface area contributed by atoms with Gasteiger partial charge in [-0.15, -0.1) is 0 Å². The Morgan fingerprint density at radius 2 is 2.13 bits per heavy atom. The summed E-state index contributed by atoms with van der Waals surface area (Å²) in [5.41, 5.74) is 0.776. The molecule has 0 radical (unpaired) electrons. The summed E-state index contributed by atoms with van der Waals surface area (Å²) in [4.78, 5) is 28.3. The molecule has 0 aliphatic heterocycles. The number of nitrogens with zero attached hydrogens (tertiary/aromatic N) is 1. The zero-order valence-corrected chi connectivity index (χ0v) is 7.45. The number of fused-ring (bicyclic) bond motifs is 1. The van der Waals surface area contributed by atoms with Crippen LogP contribution < -0.4 is 11.1 Å². The number of halogens is 1. The topological polar surface area (TPSA) is 74.8 Å². The summed E-state index contributed by atoms with van der Waals surface area (Å²) in [5.74, 6) is -1.42. The fraction of sp³-hybridized carbons (Fsp3) is 0. The van der Waals surface area contributed by atoms with E-state index in [9.17, 15) is 14.1 Å². The molecule has 0 aliphatic carbocycles. The van der Waals surface area contributed by atoms with E-state index in [0.29, 0.717) is 10.9 Å². The van der Waals surface area contributed by atoms with E-state index in [0.717, 1.165) is 5.54 Å². The number of aromatic nitrogens is 2. The largest absolute Gasteiger partial charge is 0.314 e. The van der Waals surface area contributed by atoms with Crippen molar-refractivity contribution in [2.45, 2.75) is 0 Å². The number of amides is 1. The van der Waals surface area contributed by atoms with Crippen molar-refractivity contribution in [1.29, 1.82) is 0 Å². The van der Waals surface area contributed by atoms with Crippen LogP contribution in [0, 0.1) is 0 Å². The van der Waals surface area contributed by atoms with Gasteiger partial charge in [0.2, 0.25) is 5.82 Å². The molecular weight excluding hydrogens is 201 g/mol. The summed E-state index contributed by atoms with van der Waals surface area (Å²) in [6, 6.07) is 6.48. The van der Waals surface area contributed by atoms with Crippen LogP contribution in [0.15, 0.2) is 29.1 Å². The van der Waals surface area contributed by atoms with E-state index in [1.54, 1.807) is 24.3 Å². The molecule has 1 aromatic carbocycles. The Kier molecular flexibility index (Phi) is 2.17. The molecule has 0 bridgehead atoms. The van der Waals surface area contributed by atoms with E-state index in [1.165, 1.54) is 0 Å². The molecule has 0 aliphatic rings. The van der Waals surface area contributed by atoms with Gasteiger partial charge in [0.05, 0.1) is 10.9 Å². The van der Waals surface area contributed by atoms with E-state index < -0.39 is 11.5 Å². The zero-order valence-electron chi connectivity index (χ0n) is 7.45. The van der Waals surface area contributed by atoms with Crippen LogP contribution in [0.4, 0.5) is 4.48 Å². The monoisotopic (exact) mass is 207 g/mol. The summed E-state index contributed by atoms with van der Waals surface area (Å²) in [6.45, 7) is 0. The van der Waals surface area contributed by atoms with Crippen molar-refractivity contribution in [3.8, 4) is 0 Å². The fourth-order valence-electron chi connectivity index (χ4n) is 1.24. The molecule has 2 N–H and O–H groups in total. The Morgan fingerprint density at radius 1 is 1.40 bits per heavy atom. The third kappa shape index (κ3) is 1.56. The van der Waals surface area contributed by atoms with Crippen LogP contribution in [0.5, 0.6) is 0 Å². The lowest BCUT2D eigenvalue weighted by atomic mass is 10.2. The number of hydrogen-bond acceptors (Lipinski definition) is 3. The molecule has 0 fully saturated rings. The minimum Gasteiger partial charge on any atom is -0.302 e. The van der Waals surface area contributed by atoms with Crippen molar-refractivity contribution in [3.05, 3.63) is 40.4 Å². The second kappa shape index (κ2) is 3.49. The maximum absolute atomic E-state index is 11.8. The van der Waals surface area contributed by atoms with Crippen LogP contribution in [-0.2, 0) is 0 Å². The highest BCUT2D eigenvalue weighted by Gasteiger charge is 2.09. The predicted octanol–water partition coefficient (Wildman–Crippen LogP) is 0.537. The molecule has 2 aromatic rings. The standard InChI is InChI=1S/C9H6FN3O2/c10-13-9(15)7-11-6-4-2-1-3-5(6)8(14)12-7/h1-4H,(H,13,15)(H,11,12,14). The maximum atomic E-state index is 11.8. The minimum atomic E-state index is -1.07. The third-order valence-corrected chi connectivity index (χ3v) is 1.91. The molecule has 0 spiro atoms. The van der Waals surface area contributed by atoms with Crippen LogP contribution in [0.2, 0.25) is 0 Å². The lowest BCUT2D eigenvalue weighted by Gasteiger charge is -1.99. The molecule has 1 aromatic heterocycles. The molecule has 76 valence electrons. The molecule has 1 heterocycles. The predicted molar refractivity (Wildman–Crippen MR) is 50.9 cm³/mol. The molecule has 0 saturated carbocycles. The Bertz CT molecular complexity index is 579. The lowest BCUT2D eigenvalue weighted by molar-refractivity contribution is 0.0848. The van der Waals surface area contributed by atoms with Crippen molar-refractivity contribution in [2.24, 2.45) is 0 Å². The maximum Gasteiger partial charge on any atom is 0.314 e. The SMILES string of the molecule is O=C(NF)c1nc2ccccc2c(=O)[nH]1. The third-order valence-electron chi connectivity index (χ3n) is 1.91. The Labute approximate surface area is 82.9 Å². The van der Waals surface area contributed by atoms with E-state index in [1.807, 2.05) is 0 Å². The molecule has 6 heteroatoms. The smallest absolute Gasteiger partial charge is 0.302 e. The number of rotatable bonds is 1. The van der Waals surface area contributed by atoms with Crippen molar-refractivity contribution < 1.29 is 9.28 Å². The number of carbonyl (C=O) groups excluding carboxylic acids is 1. The summed E-state index contributed by atoms with van der Waals surface area (Å²) in [6.07, 6.45) is 0. The van der Waals surface area contributed by atoms with Gasteiger partial charge >= 0.3 is 5.91 Å². The van der Waals surface area contributed by atoms with Crippen LogP contribution >= 0.6 is 0 Å².